The second kappa shape index (κ2) is 7.35. The summed E-state index contributed by atoms with van der Waals surface area (Å²) >= 11 is 12.6. The van der Waals surface area contributed by atoms with Gasteiger partial charge < -0.3 is 9.47 Å². The van der Waals surface area contributed by atoms with Crippen molar-refractivity contribution in [1.82, 2.24) is 4.90 Å². The van der Waals surface area contributed by atoms with E-state index in [0.29, 0.717) is 39.7 Å². The van der Waals surface area contributed by atoms with E-state index >= 15 is 0 Å². The van der Waals surface area contributed by atoms with Crippen LogP contribution < -0.4 is 9.47 Å². The minimum absolute atomic E-state index is 0.144. The number of ether oxygens (including phenoxy) is 2. The van der Waals surface area contributed by atoms with Gasteiger partial charge in [-0.25, -0.2) is 0 Å². The number of ketones is 1. The molecule has 2 aromatic carbocycles. The van der Waals surface area contributed by atoms with Crippen LogP contribution in [0.1, 0.15) is 52.7 Å². The van der Waals surface area contributed by atoms with E-state index in [9.17, 15) is 4.79 Å². The van der Waals surface area contributed by atoms with Gasteiger partial charge in [-0.15, -0.1) is 0 Å². The van der Waals surface area contributed by atoms with Crippen LogP contribution in [0.25, 0.3) is 6.08 Å². The van der Waals surface area contributed by atoms with Crippen LogP contribution in [0.4, 0.5) is 0 Å². The van der Waals surface area contributed by atoms with Crippen molar-refractivity contribution < 1.29 is 14.3 Å². The molecule has 0 radical (unpaired) electrons. The van der Waals surface area contributed by atoms with Gasteiger partial charge in [-0.05, 0) is 49.6 Å². The summed E-state index contributed by atoms with van der Waals surface area (Å²) < 4.78 is 12.2. The Morgan fingerprint density at radius 1 is 1.17 bits per heavy atom. The van der Waals surface area contributed by atoms with E-state index in [1.54, 1.807) is 24.3 Å². The summed E-state index contributed by atoms with van der Waals surface area (Å²) in [5.74, 6) is 1.52. The molecule has 5 rings (SSSR count). The molecule has 3 aliphatic rings. The molecule has 0 atom stereocenters. The molecule has 2 aromatic rings. The Morgan fingerprint density at radius 3 is 2.62 bits per heavy atom. The number of hydrogen-bond donors (Lipinski definition) is 0. The van der Waals surface area contributed by atoms with Gasteiger partial charge in [0.1, 0.15) is 18.2 Å². The smallest absolute Gasteiger partial charge is 0.232 e. The molecule has 0 N–H and O–H groups in total. The molecular formula is C23H21Cl2NO3. The van der Waals surface area contributed by atoms with E-state index in [4.69, 9.17) is 32.7 Å². The summed E-state index contributed by atoms with van der Waals surface area (Å²) in [5, 5.41) is 0.957. The Hall–Kier alpha value is -2.01. The maximum absolute atomic E-state index is 13.1. The molecular weight excluding hydrogens is 409 g/mol. The number of Topliss-reactive ketones (excluding diaryl/α,β-unsaturated/α-hetero) is 1. The number of halogens is 2. The van der Waals surface area contributed by atoms with E-state index in [-0.39, 0.29) is 11.5 Å². The van der Waals surface area contributed by atoms with E-state index in [1.807, 2.05) is 13.0 Å². The van der Waals surface area contributed by atoms with E-state index in [0.717, 1.165) is 23.4 Å². The van der Waals surface area contributed by atoms with Gasteiger partial charge >= 0.3 is 0 Å². The van der Waals surface area contributed by atoms with Gasteiger partial charge in [0.2, 0.25) is 5.78 Å². The number of nitrogens with zero attached hydrogens (tertiary/aromatic N) is 1. The Balaban J connectivity index is 1.54. The molecule has 1 aliphatic carbocycles. The first-order valence-electron chi connectivity index (χ1n) is 9.94. The summed E-state index contributed by atoms with van der Waals surface area (Å²) in [6.07, 6.45) is 6.56. The predicted octanol–water partition coefficient (Wildman–Crippen LogP) is 6.01. The summed E-state index contributed by atoms with van der Waals surface area (Å²) in [5.41, 5.74) is 3.00. The van der Waals surface area contributed by atoms with Crippen LogP contribution in [0.3, 0.4) is 0 Å². The Labute approximate surface area is 180 Å². The third-order valence-electron chi connectivity index (χ3n) is 6.07. The quantitative estimate of drug-likeness (QED) is 0.547. The molecule has 4 nitrogen and oxygen atoms in total. The van der Waals surface area contributed by atoms with Crippen molar-refractivity contribution in [3.63, 3.8) is 0 Å². The first-order chi connectivity index (χ1) is 14.0. The molecule has 0 bridgehead atoms. The van der Waals surface area contributed by atoms with E-state index in [2.05, 4.69) is 4.90 Å². The molecule has 0 spiro atoms. The lowest BCUT2D eigenvalue weighted by atomic mass is 9.98. The highest BCUT2D eigenvalue weighted by Crippen LogP contribution is 2.45. The lowest BCUT2D eigenvalue weighted by molar-refractivity contribution is 0.0567. The average molecular weight is 430 g/mol. The third-order valence-corrected chi connectivity index (χ3v) is 6.73. The summed E-state index contributed by atoms with van der Waals surface area (Å²) in [6, 6.07) is 7.75. The fourth-order valence-electron chi connectivity index (χ4n) is 4.53. The average Bonchev–Trinajstić information content (AvgIpc) is 3.34. The molecule has 0 unspecified atom stereocenters. The Kier molecular flexibility index (Phi) is 4.81. The van der Waals surface area contributed by atoms with Crippen molar-refractivity contribution in [2.45, 2.75) is 45.2 Å². The number of rotatable bonds is 2. The second-order valence-corrected chi connectivity index (χ2v) is 8.72. The zero-order valence-corrected chi connectivity index (χ0v) is 17.6. The molecule has 1 fully saturated rings. The topological polar surface area (TPSA) is 38.8 Å². The molecule has 29 heavy (non-hydrogen) atoms. The van der Waals surface area contributed by atoms with Crippen molar-refractivity contribution >= 4 is 35.1 Å². The summed E-state index contributed by atoms with van der Waals surface area (Å²) in [7, 11) is 0. The van der Waals surface area contributed by atoms with Crippen LogP contribution in [-0.4, -0.2) is 23.5 Å². The summed E-state index contributed by atoms with van der Waals surface area (Å²) in [4.78, 5) is 15.5. The first kappa shape index (κ1) is 19.0. The monoisotopic (exact) mass is 429 g/mol. The van der Waals surface area contributed by atoms with E-state index in [1.165, 1.54) is 25.7 Å². The van der Waals surface area contributed by atoms with E-state index < -0.39 is 0 Å². The van der Waals surface area contributed by atoms with Gasteiger partial charge in [-0.3, -0.25) is 9.69 Å². The van der Waals surface area contributed by atoms with Crippen molar-refractivity contribution in [1.29, 1.82) is 0 Å². The number of allylic oxidation sites excluding steroid dienone is 1. The zero-order chi connectivity index (χ0) is 20.1. The molecule has 150 valence electrons. The van der Waals surface area contributed by atoms with Gasteiger partial charge in [0.15, 0.2) is 5.76 Å². The maximum atomic E-state index is 13.1. The lowest BCUT2D eigenvalue weighted by Gasteiger charge is -2.34. The highest BCUT2D eigenvalue weighted by Gasteiger charge is 2.37. The number of hydrogen-bond acceptors (Lipinski definition) is 4. The van der Waals surface area contributed by atoms with Gasteiger partial charge in [0.25, 0.3) is 0 Å². The van der Waals surface area contributed by atoms with Crippen LogP contribution in [0.15, 0.2) is 30.0 Å². The van der Waals surface area contributed by atoms with Crippen molar-refractivity contribution in [2.24, 2.45) is 0 Å². The zero-order valence-electron chi connectivity index (χ0n) is 16.1. The number of fused-ring (bicyclic) bond motifs is 3. The fraction of sp³-hybridized carbons (Fsp3) is 0.348. The normalized spacial score (nSPS) is 20.5. The summed E-state index contributed by atoms with van der Waals surface area (Å²) in [6.45, 7) is 3.23. The standard InChI is InChI=1S/C23H21Cl2NO3/c1-13-9-19-16(11-26(12-28-19)14-5-2-3-6-14)23-21(13)22(27)20(29-23)10-15-17(24)7-4-8-18(15)25/h4,7-10,14H,2-3,5-6,11-12H2,1H3/b20-10-. The first-order valence-corrected chi connectivity index (χ1v) is 10.7. The predicted molar refractivity (Wildman–Crippen MR) is 114 cm³/mol. The Morgan fingerprint density at radius 2 is 1.90 bits per heavy atom. The van der Waals surface area contributed by atoms with Crippen molar-refractivity contribution in [3.05, 3.63) is 62.3 Å². The maximum Gasteiger partial charge on any atom is 0.232 e. The highest BCUT2D eigenvalue weighted by atomic mass is 35.5. The van der Waals surface area contributed by atoms with Crippen molar-refractivity contribution in [2.75, 3.05) is 6.73 Å². The number of carbonyl (C=O) groups is 1. The molecule has 1 saturated carbocycles. The van der Waals surface area contributed by atoms with Crippen LogP contribution in [0.5, 0.6) is 11.5 Å². The van der Waals surface area contributed by atoms with Crippen LogP contribution in [-0.2, 0) is 6.54 Å². The minimum Gasteiger partial charge on any atom is -0.478 e. The molecule has 2 heterocycles. The number of benzene rings is 2. The molecule has 0 saturated heterocycles. The molecule has 6 heteroatoms. The van der Waals surface area contributed by atoms with Gasteiger partial charge in [-0.2, -0.15) is 0 Å². The largest absolute Gasteiger partial charge is 0.478 e. The number of carbonyl (C=O) groups excluding carboxylic acids is 1. The number of aryl methyl sites for hydroxylation is 1. The SMILES string of the molecule is Cc1cc2c(c3c1C(=O)/C(=C/c1c(Cl)cccc1Cl)O3)CN(C1CCCC1)CO2. The highest BCUT2D eigenvalue weighted by molar-refractivity contribution is 6.37. The van der Waals surface area contributed by atoms with Gasteiger partial charge in [0.05, 0.1) is 11.1 Å². The fourth-order valence-corrected chi connectivity index (χ4v) is 5.04. The van der Waals surface area contributed by atoms with Gasteiger partial charge in [0, 0.05) is 28.2 Å². The third kappa shape index (κ3) is 3.24. The van der Waals surface area contributed by atoms with Gasteiger partial charge in [-0.1, -0.05) is 42.1 Å². The van der Waals surface area contributed by atoms with Crippen LogP contribution >= 0.6 is 23.2 Å². The molecule has 0 amide bonds. The van der Waals surface area contributed by atoms with Crippen molar-refractivity contribution in [3.8, 4) is 11.5 Å². The minimum atomic E-state index is -0.144. The van der Waals surface area contributed by atoms with Crippen LogP contribution in [0.2, 0.25) is 10.0 Å². The molecule has 2 aliphatic heterocycles. The van der Waals surface area contributed by atoms with Crippen LogP contribution in [0, 0.1) is 6.92 Å². The lowest BCUT2D eigenvalue weighted by Crippen LogP contribution is -2.39. The second-order valence-electron chi connectivity index (χ2n) is 7.91. The molecule has 0 aromatic heterocycles. The Bertz CT molecular complexity index is 1020.